The molecule has 1 saturated heterocycles. The lowest BCUT2D eigenvalue weighted by Gasteiger charge is -2.42. The SMILES string of the molecule is CC(C)C(NC(=O)C1(c2ccccc2)CCN(C(=O)OC(C)(C)C)CC1)C(=O)NC(C(=O)O)c1ccccc1. The monoisotopic (exact) mass is 537 g/mol. The van der Waals surface area contributed by atoms with Gasteiger partial charge >= 0.3 is 12.1 Å². The number of likely N-dealkylation sites (tertiary alicyclic amines) is 1. The number of hydrogen-bond acceptors (Lipinski definition) is 5. The molecule has 3 rings (SSSR count). The third kappa shape index (κ3) is 7.37. The number of nitrogens with zero attached hydrogens (tertiary/aromatic N) is 1. The number of ether oxygens (including phenoxy) is 1. The molecule has 0 aliphatic carbocycles. The Morgan fingerprint density at radius 1 is 0.897 bits per heavy atom. The van der Waals surface area contributed by atoms with Crippen molar-refractivity contribution in [2.24, 2.45) is 5.92 Å². The van der Waals surface area contributed by atoms with E-state index in [1.54, 1.807) is 69.9 Å². The van der Waals surface area contributed by atoms with Gasteiger partial charge in [-0.2, -0.15) is 0 Å². The lowest BCUT2D eigenvalue weighted by atomic mass is 9.71. The summed E-state index contributed by atoms with van der Waals surface area (Å²) in [5.41, 5.74) is -0.378. The van der Waals surface area contributed by atoms with Gasteiger partial charge in [0, 0.05) is 13.1 Å². The van der Waals surface area contributed by atoms with Crippen molar-refractivity contribution in [2.45, 2.75) is 70.6 Å². The van der Waals surface area contributed by atoms with Crippen molar-refractivity contribution in [3.05, 3.63) is 71.8 Å². The summed E-state index contributed by atoms with van der Waals surface area (Å²) < 4.78 is 5.52. The summed E-state index contributed by atoms with van der Waals surface area (Å²) in [5, 5.41) is 15.3. The number of carbonyl (C=O) groups is 4. The number of carboxylic acids is 1. The van der Waals surface area contributed by atoms with Crippen LogP contribution in [-0.4, -0.2) is 58.6 Å². The molecule has 2 unspecified atom stereocenters. The zero-order valence-electron chi connectivity index (χ0n) is 23.3. The fraction of sp³-hybridized carbons (Fsp3) is 0.467. The normalized spacial score (nSPS) is 16.6. The first-order chi connectivity index (χ1) is 18.3. The molecule has 210 valence electrons. The summed E-state index contributed by atoms with van der Waals surface area (Å²) >= 11 is 0. The van der Waals surface area contributed by atoms with Crippen LogP contribution >= 0.6 is 0 Å². The number of aliphatic carboxylic acids is 1. The van der Waals surface area contributed by atoms with Gasteiger partial charge in [-0.3, -0.25) is 9.59 Å². The summed E-state index contributed by atoms with van der Waals surface area (Å²) in [5.74, 6) is -2.42. The van der Waals surface area contributed by atoms with E-state index in [4.69, 9.17) is 4.74 Å². The Kier molecular flexibility index (Phi) is 9.37. The molecule has 0 radical (unpaired) electrons. The Labute approximate surface area is 229 Å². The second kappa shape index (κ2) is 12.3. The molecular weight excluding hydrogens is 498 g/mol. The third-order valence-electron chi connectivity index (χ3n) is 6.93. The Morgan fingerprint density at radius 3 is 1.92 bits per heavy atom. The van der Waals surface area contributed by atoms with E-state index in [9.17, 15) is 24.3 Å². The smallest absolute Gasteiger partial charge is 0.410 e. The zero-order valence-corrected chi connectivity index (χ0v) is 23.3. The molecule has 0 bridgehead atoms. The van der Waals surface area contributed by atoms with Gasteiger partial charge in [-0.25, -0.2) is 9.59 Å². The largest absolute Gasteiger partial charge is 0.479 e. The highest BCUT2D eigenvalue weighted by molar-refractivity contribution is 5.95. The molecule has 1 heterocycles. The van der Waals surface area contributed by atoms with Crippen LogP contribution in [0.4, 0.5) is 4.79 Å². The standard InChI is InChI=1S/C30H39N3O6/c1-20(2)23(25(34)31-24(26(35)36)21-12-8-6-9-13-21)32-27(37)30(22-14-10-7-11-15-22)16-18-33(19-17-30)28(38)39-29(3,4)5/h6-15,20,23-24H,16-19H2,1-5H3,(H,31,34)(H,32,37)(H,35,36). The number of amides is 3. The topological polar surface area (TPSA) is 125 Å². The van der Waals surface area contributed by atoms with Gasteiger partial charge in [0.05, 0.1) is 5.41 Å². The van der Waals surface area contributed by atoms with E-state index in [0.717, 1.165) is 5.56 Å². The summed E-state index contributed by atoms with van der Waals surface area (Å²) in [6.45, 7) is 9.63. The molecule has 3 N–H and O–H groups in total. The van der Waals surface area contributed by atoms with Crippen LogP contribution in [0.1, 0.15) is 64.6 Å². The fourth-order valence-corrected chi connectivity index (χ4v) is 4.78. The van der Waals surface area contributed by atoms with Crippen molar-refractivity contribution in [1.29, 1.82) is 0 Å². The maximum Gasteiger partial charge on any atom is 0.410 e. The third-order valence-corrected chi connectivity index (χ3v) is 6.93. The van der Waals surface area contributed by atoms with Crippen LogP contribution in [0.5, 0.6) is 0 Å². The molecule has 0 saturated carbocycles. The lowest BCUT2D eigenvalue weighted by Crippen LogP contribution is -2.58. The number of rotatable bonds is 8. The Bertz CT molecular complexity index is 1150. The molecule has 2 aromatic rings. The van der Waals surface area contributed by atoms with Crippen LogP contribution in [0, 0.1) is 5.92 Å². The van der Waals surface area contributed by atoms with Gasteiger partial charge in [-0.15, -0.1) is 0 Å². The average molecular weight is 538 g/mol. The highest BCUT2D eigenvalue weighted by atomic mass is 16.6. The zero-order chi connectivity index (χ0) is 28.8. The molecule has 1 aliphatic rings. The van der Waals surface area contributed by atoms with E-state index in [1.807, 2.05) is 30.3 Å². The van der Waals surface area contributed by atoms with Crippen LogP contribution in [-0.2, 0) is 24.5 Å². The first-order valence-corrected chi connectivity index (χ1v) is 13.3. The van der Waals surface area contributed by atoms with Crippen molar-refractivity contribution in [2.75, 3.05) is 13.1 Å². The quantitative estimate of drug-likeness (QED) is 0.467. The highest BCUT2D eigenvalue weighted by Crippen LogP contribution is 2.36. The van der Waals surface area contributed by atoms with Crippen molar-refractivity contribution < 1.29 is 29.0 Å². The van der Waals surface area contributed by atoms with Gasteiger partial charge < -0.3 is 25.4 Å². The molecule has 0 aromatic heterocycles. The second-order valence-corrected chi connectivity index (χ2v) is 11.3. The van der Waals surface area contributed by atoms with Gasteiger partial charge in [-0.05, 0) is 50.7 Å². The number of benzene rings is 2. The van der Waals surface area contributed by atoms with Gasteiger partial charge in [-0.1, -0.05) is 74.5 Å². The lowest BCUT2D eigenvalue weighted by molar-refractivity contribution is -0.143. The van der Waals surface area contributed by atoms with Crippen molar-refractivity contribution in [1.82, 2.24) is 15.5 Å². The fourth-order valence-electron chi connectivity index (χ4n) is 4.78. The van der Waals surface area contributed by atoms with E-state index < -0.39 is 41.1 Å². The minimum atomic E-state index is -1.25. The predicted molar refractivity (Wildman–Crippen MR) is 147 cm³/mol. The van der Waals surface area contributed by atoms with Crippen LogP contribution in [0.2, 0.25) is 0 Å². The molecule has 0 spiro atoms. The molecule has 3 amide bonds. The molecule has 2 aromatic carbocycles. The van der Waals surface area contributed by atoms with Gasteiger partial charge in [0.1, 0.15) is 11.6 Å². The maximum atomic E-state index is 14.0. The minimum absolute atomic E-state index is 0.310. The predicted octanol–water partition coefficient (Wildman–Crippen LogP) is 4.04. The van der Waals surface area contributed by atoms with Gasteiger partial charge in [0.15, 0.2) is 6.04 Å². The highest BCUT2D eigenvalue weighted by Gasteiger charge is 2.45. The Morgan fingerprint density at radius 2 is 1.44 bits per heavy atom. The average Bonchev–Trinajstić information content (AvgIpc) is 2.89. The van der Waals surface area contributed by atoms with Gasteiger partial charge in [0.2, 0.25) is 11.8 Å². The van der Waals surface area contributed by atoms with E-state index in [2.05, 4.69) is 10.6 Å². The number of nitrogens with one attached hydrogen (secondary N) is 2. The summed E-state index contributed by atoms with van der Waals surface area (Å²) in [4.78, 5) is 53.6. The van der Waals surface area contributed by atoms with Crippen molar-refractivity contribution in [3.8, 4) is 0 Å². The molecular formula is C30H39N3O6. The molecule has 9 heteroatoms. The molecule has 1 aliphatic heterocycles. The summed E-state index contributed by atoms with van der Waals surface area (Å²) in [6.07, 6.45) is 0.261. The first-order valence-electron chi connectivity index (χ1n) is 13.3. The van der Waals surface area contributed by atoms with Crippen LogP contribution in [0.25, 0.3) is 0 Å². The van der Waals surface area contributed by atoms with E-state index in [0.29, 0.717) is 31.5 Å². The number of carboxylic acid groups (broad SMARTS) is 1. The molecule has 2 atom stereocenters. The van der Waals surface area contributed by atoms with Crippen molar-refractivity contribution >= 4 is 23.9 Å². The molecule has 39 heavy (non-hydrogen) atoms. The number of piperidine rings is 1. The second-order valence-electron chi connectivity index (χ2n) is 11.3. The van der Waals surface area contributed by atoms with E-state index in [1.165, 1.54) is 0 Å². The van der Waals surface area contributed by atoms with Crippen molar-refractivity contribution in [3.63, 3.8) is 0 Å². The summed E-state index contributed by atoms with van der Waals surface area (Å²) in [7, 11) is 0. The van der Waals surface area contributed by atoms with Crippen LogP contribution in [0.15, 0.2) is 60.7 Å². The van der Waals surface area contributed by atoms with Gasteiger partial charge in [0.25, 0.3) is 0 Å². The number of hydrogen-bond donors (Lipinski definition) is 3. The first kappa shape index (κ1) is 29.7. The molecule has 9 nitrogen and oxygen atoms in total. The Hall–Kier alpha value is -3.88. The van der Waals surface area contributed by atoms with E-state index in [-0.39, 0.29) is 11.8 Å². The summed E-state index contributed by atoms with van der Waals surface area (Å²) in [6, 6.07) is 15.5. The van der Waals surface area contributed by atoms with Crippen LogP contribution in [0.3, 0.4) is 0 Å². The maximum absolute atomic E-state index is 14.0. The van der Waals surface area contributed by atoms with Crippen LogP contribution < -0.4 is 10.6 Å². The Balaban J connectivity index is 1.82. The minimum Gasteiger partial charge on any atom is -0.479 e. The van der Waals surface area contributed by atoms with E-state index >= 15 is 0 Å². The number of carbonyl (C=O) groups excluding carboxylic acids is 3. The molecule has 1 fully saturated rings.